The fraction of sp³-hybridized carbons (Fsp3) is 0.875. The molecule has 0 amide bonds. The molecule has 0 heterocycles. The van der Waals surface area contributed by atoms with Gasteiger partial charge in [-0.05, 0) is 19.3 Å². The summed E-state index contributed by atoms with van der Waals surface area (Å²) in [4.78, 5) is 30.1. The average Bonchev–Trinajstić information content (AvgIpc) is 2.68. The van der Waals surface area contributed by atoms with E-state index in [1.165, 1.54) is 57.8 Å². The Labute approximate surface area is 202 Å². The maximum atomic E-state index is 10.0. The van der Waals surface area contributed by atoms with Gasteiger partial charge in [0.15, 0.2) is 0 Å². The van der Waals surface area contributed by atoms with E-state index >= 15 is 0 Å². The van der Waals surface area contributed by atoms with E-state index in [-0.39, 0.29) is 18.6 Å². The van der Waals surface area contributed by atoms with E-state index in [2.05, 4.69) is 20.8 Å². The fourth-order valence-corrected chi connectivity index (χ4v) is 2.64. The number of hydrogen-bond donors (Lipinski definition) is 3. The summed E-state index contributed by atoms with van der Waals surface area (Å²) in [6.45, 7) is 6.45. The van der Waals surface area contributed by atoms with Gasteiger partial charge in [0.2, 0.25) is 0 Å². The molecule has 3 N–H and O–H groups in total. The fourth-order valence-electron chi connectivity index (χ4n) is 2.64. The first kappa shape index (κ1) is 37.3. The van der Waals surface area contributed by atoms with Crippen LogP contribution in [0.4, 0.5) is 0 Å². The van der Waals surface area contributed by atoms with Crippen molar-refractivity contribution in [3.05, 3.63) is 0 Å². The van der Waals surface area contributed by atoms with Crippen molar-refractivity contribution in [2.24, 2.45) is 0 Å². The second-order valence-electron chi connectivity index (χ2n) is 7.67. The minimum atomic E-state index is -0.670. The Bertz CT molecular complexity index is 331. The van der Waals surface area contributed by atoms with Crippen molar-refractivity contribution in [1.29, 1.82) is 0 Å². The number of rotatable bonds is 18. The third-order valence-electron chi connectivity index (χ3n) is 4.48. The van der Waals surface area contributed by atoms with Crippen molar-refractivity contribution in [2.45, 2.75) is 136 Å². The molecule has 7 heteroatoms. The Morgan fingerprint density at radius 1 is 0.419 bits per heavy atom. The van der Waals surface area contributed by atoms with Crippen molar-refractivity contribution >= 4 is 17.9 Å². The second-order valence-corrected chi connectivity index (χ2v) is 7.67. The zero-order valence-corrected chi connectivity index (χ0v) is 21.6. The number of hydrogen-bond acceptors (Lipinski definition) is 3. The Morgan fingerprint density at radius 2 is 0.613 bits per heavy atom. The summed E-state index contributed by atoms with van der Waals surface area (Å²) in [5.41, 5.74) is 0. The quantitative estimate of drug-likeness (QED) is 0.176. The van der Waals surface area contributed by atoms with Gasteiger partial charge in [-0.1, -0.05) is 97.8 Å². The second kappa shape index (κ2) is 33.6. The molecular formula is C24H48O6V. The normalized spacial score (nSPS) is 9.39. The molecule has 31 heavy (non-hydrogen) atoms. The minimum absolute atomic E-state index is 0. The largest absolute Gasteiger partial charge is 0.481 e. The molecule has 0 rings (SSSR count). The van der Waals surface area contributed by atoms with E-state index in [0.717, 1.165) is 38.5 Å². The van der Waals surface area contributed by atoms with Crippen molar-refractivity contribution in [1.82, 2.24) is 0 Å². The molecule has 0 atom stereocenters. The molecule has 185 valence electrons. The van der Waals surface area contributed by atoms with Crippen LogP contribution in [0.3, 0.4) is 0 Å². The molecule has 0 aliphatic rings. The Hall–Kier alpha value is -1.01. The maximum absolute atomic E-state index is 10.0. The van der Waals surface area contributed by atoms with Gasteiger partial charge in [0.1, 0.15) is 0 Å². The van der Waals surface area contributed by atoms with Gasteiger partial charge < -0.3 is 15.3 Å². The zero-order chi connectivity index (χ0) is 23.5. The Morgan fingerprint density at radius 3 is 0.774 bits per heavy atom. The summed E-state index contributed by atoms with van der Waals surface area (Å²) in [5.74, 6) is -2.01. The van der Waals surface area contributed by atoms with Crippen LogP contribution in [0.1, 0.15) is 136 Å². The van der Waals surface area contributed by atoms with Crippen LogP contribution in [0.2, 0.25) is 0 Å². The van der Waals surface area contributed by atoms with Gasteiger partial charge in [-0.3, -0.25) is 14.4 Å². The monoisotopic (exact) mass is 483 g/mol. The molecule has 0 spiro atoms. The predicted molar refractivity (Wildman–Crippen MR) is 123 cm³/mol. The van der Waals surface area contributed by atoms with Crippen molar-refractivity contribution in [2.75, 3.05) is 0 Å². The molecule has 0 saturated carbocycles. The minimum Gasteiger partial charge on any atom is -0.481 e. The number of carboxylic acid groups (broad SMARTS) is 3. The van der Waals surface area contributed by atoms with Crippen LogP contribution in [0.5, 0.6) is 0 Å². The molecule has 1 radical (unpaired) electrons. The zero-order valence-electron chi connectivity index (χ0n) is 20.2. The van der Waals surface area contributed by atoms with Gasteiger partial charge in [0.05, 0.1) is 0 Å². The average molecular weight is 484 g/mol. The first-order valence-electron chi connectivity index (χ1n) is 12.0. The molecule has 0 bridgehead atoms. The van der Waals surface area contributed by atoms with Crippen LogP contribution in [-0.4, -0.2) is 33.2 Å². The first-order valence-corrected chi connectivity index (χ1v) is 12.0. The van der Waals surface area contributed by atoms with Gasteiger partial charge in [0.25, 0.3) is 0 Å². The van der Waals surface area contributed by atoms with Gasteiger partial charge in [-0.2, -0.15) is 0 Å². The molecule has 0 saturated heterocycles. The third-order valence-corrected chi connectivity index (χ3v) is 4.48. The van der Waals surface area contributed by atoms with E-state index < -0.39 is 17.9 Å². The van der Waals surface area contributed by atoms with E-state index in [9.17, 15) is 14.4 Å². The molecule has 0 unspecified atom stereocenters. The number of carboxylic acids is 3. The molecule has 6 nitrogen and oxygen atoms in total. The summed E-state index contributed by atoms with van der Waals surface area (Å²) in [5, 5.41) is 24.8. The molecule has 0 aromatic rings. The first-order chi connectivity index (χ1) is 14.3. The van der Waals surface area contributed by atoms with Gasteiger partial charge in [-0.15, -0.1) is 0 Å². The smallest absolute Gasteiger partial charge is 0.303 e. The standard InChI is InChI=1S/3C8H16O2.V/c3*1-2-3-4-5-6-7-8(9)10;/h3*2-7H2,1H3,(H,9,10);. The summed E-state index contributed by atoms with van der Waals surface area (Å²) in [7, 11) is 0. The van der Waals surface area contributed by atoms with Crippen LogP contribution in [0.15, 0.2) is 0 Å². The van der Waals surface area contributed by atoms with Crippen LogP contribution >= 0.6 is 0 Å². The molecule has 0 aromatic carbocycles. The summed E-state index contributed by atoms with van der Waals surface area (Å²) in [6, 6.07) is 0. The Balaban J connectivity index is -0.000000174. The summed E-state index contributed by atoms with van der Waals surface area (Å²) >= 11 is 0. The topological polar surface area (TPSA) is 112 Å². The molecule has 0 aliphatic heterocycles. The van der Waals surface area contributed by atoms with E-state index in [1.54, 1.807) is 0 Å². The number of carbonyl (C=O) groups is 3. The summed E-state index contributed by atoms with van der Waals surface area (Å²) < 4.78 is 0. The Kier molecular flexibility index (Phi) is 40.5. The SMILES string of the molecule is CCCCCCCC(=O)O.CCCCCCCC(=O)O.CCCCCCCC(=O)O.[V]. The predicted octanol–water partition coefficient (Wildman–Crippen LogP) is 7.29. The third kappa shape index (κ3) is 52.8. The van der Waals surface area contributed by atoms with Crippen LogP contribution < -0.4 is 0 Å². The van der Waals surface area contributed by atoms with Gasteiger partial charge >= 0.3 is 17.9 Å². The van der Waals surface area contributed by atoms with Gasteiger partial charge in [-0.25, -0.2) is 0 Å². The van der Waals surface area contributed by atoms with E-state index in [4.69, 9.17) is 15.3 Å². The van der Waals surface area contributed by atoms with Crippen molar-refractivity contribution in [3.63, 3.8) is 0 Å². The molecular weight excluding hydrogens is 435 g/mol. The van der Waals surface area contributed by atoms with E-state index in [0.29, 0.717) is 19.3 Å². The van der Waals surface area contributed by atoms with Crippen LogP contribution in [0.25, 0.3) is 0 Å². The van der Waals surface area contributed by atoms with E-state index in [1.807, 2.05) is 0 Å². The van der Waals surface area contributed by atoms with Crippen molar-refractivity contribution in [3.8, 4) is 0 Å². The van der Waals surface area contributed by atoms with Crippen molar-refractivity contribution < 1.29 is 48.3 Å². The van der Waals surface area contributed by atoms with Gasteiger partial charge in [0, 0.05) is 37.8 Å². The molecule has 0 aromatic heterocycles. The van der Waals surface area contributed by atoms with Crippen LogP contribution in [-0.2, 0) is 32.9 Å². The molecule has 0 aliphatic carbocycles. The maximum Gasteiger partial charge on any atom is 0.303 e. The number of unbranched alkanes of at least 4 members (excludes halogenated alkanes) is 12. The summed E-state index contributed by atoms with van der Waals surface area (Å²) in [6.07, 6.45) is 17.7. The number of aliphatic carboxylic acids is 3. The molecule has 0 fully saturated rings. The van der Waals surface area contributed by atoms with Crippen LogP contribution in [0, 0.1) is 0 Å².